The highest BCUT2D eigenvalue weighted by Gasteiger charge is 2.49. The maximum absolute atomic E-state index is 5.26. The molecule has 1 spiro atoms. The molecule has 1 aliphatic carbocycles. The molecule has 1 aliphatic heterocycles. The van der Waals surface area contributed by atoms with Crippen LogP contribution < -0.4 is 0 Å². The van der Waals surface area contributed by atoms with Gasteiger partial charge in [0.15, 0.2) is 0 Å². The van der Waals surface area contributed by atoms with E-state index in [1.165, 1.54) is 19.3 Å². The Labute approximate surface area is 75.5 Å². The van der Waals surface area contributed by atoms with E-state index in [1.807, 2.05) is 0 Å². The summed E-state index contributed by atoms with van der Waals surface area (Å²) in [4.78, 5) is 0. The van der Waals surface area contributed by atoms with Crippen LogP contribution in [0.3, 0.4) is 0 Å². The zero-order chi connectivity index (χ0) is 8.82. The van der Waals surface area contributed by atoms with Gasteiger partial charge in [-0.2, -0.15) is 0 Å². The van der Waals surface area contributed by atoms with Crippen molar-refractivity contribution >= 4 is 0 Å². The highest BCUT2D eigenvalue weighted by molar-refractivity contribution is 4.98. The largest absolute Gasteiger partial charge is 0.380 e. The van der Waals surface area contributed by atoms with Gasteiger partial charge in [0.05, 0.1) is 13.2 Å². The molecule has 0 amide bonds. The van der Waals surface area contributed by atoms with Gasteiger partial charge in [-0.25, -0.2) is 0 Å². The maximum Gasteiger partial charge on any atom is 0.0545 e. The second-order valence-corrected chi connectivity index (χ2v) is 6.03. The molecule has 0 N–H and O–H groups in total. The van der Waals surface area contributed by atoms with Crippen LogP contribution in [-0.4, -0.2) is 13.2 Å². The molecule has 0 radical (unpaired) electrons. The lowest BCUT2D eigenvalue weighted by atomic mass is 9.58. The third kappa shape index (κ3) is 1.52. The van der Waals surface area contributed by atoms with Crippen molar-refractivity contribution in [2.45, 2.75) is 40.0 Å². The quantitative estimate of drug-likeness (QED) is 0.585. The van der Waals surface area contributed by atoms with Gasteiger partial charge in [0.2, 0.25) is 0 Å². The minimum Gasteiger partial charge on any atom is -0.380 e. The number of hydrogen-bond acceptors (Lipinski definition) is 1. The average molecular weight is 168 g/mol. The average Bonchev–Trinajstić information content (AvgIpc) is 1.69. The molecule has 0 unspecified atom stereocenters. The van der Waals surface area contributed by atoms with Gasteiger partial charge in [0, 0.05) is 5.41 Å². The summed E-state index contributed by atoms with van der Waals surface area (Å²) in [6.07, 6.45) is 4.27. The Morgan fingerprint density at radius 2 is 1.83 bits per heavy atom. The molecule has 0 bridgehead atoms. The Balaban J connectivity index is 1.74. The van der Waals surface area contributed by atoms with Gasteiger partial charge in [-0.15, -0.1) is 0 Å². The van der Waals surface area contributed by atoms with Crippen molar-refractivity contribution in [3.8, 4) is 0 Å². The number of hydrogen-bond donors (Lipinski definition) is 0. The van der Waals surface area contributed by atoms with Gasteiger partial charge < -0.3 is 4.74 Å². The van der Waals surface area contributed by atoms with Crippen LogP contribution in [0.1, 0.15) is 40.0 Å². The van der Waals surface area contributed by atoms with E-state index < -0.39 is 0 Å². The molecule has 0 aromatic carbocycles. The van der Waals surface area contributed by atoms with Crippen LogP contribution in [0.25, 0.3) is 0 Å². The Morgan fingerprint density at radius 3 is 2.17 bits per heavy atom. The molecule has 1 saturated carbocycles. The van der Waals surface area contributed by atoms with Crippen LogP contribution >= 0.6 is 0 Å². The summed E-state index contributed by atoms with van der Waals surface area (Å²) in [7, 11) is 0. The van der Waals surface area contributed by atoms with E-state index in [0.717, 1.165) is 19.1 Å². The van der Waals surface area contributed by atoms with Gasteiger partial charge in [-0.3, -0.25) is 0 Å². The molecule has 2 rings (SSSR count). The molecule has 70 valence electrons. The fourth-order valence-corrected chi connectivity index (χ4v) is 2.80. The molecule has 1 heteroatoms. The first kappa shape index (κ1) is 8.55. The topological polar surface area (TPSA) is 9.23 Å². The van der Waals surface area contributed by atoms with Crippen molar-refractivity contribution in [3.63, 3.8) is 0 Å². The number of rotatable bonds is 1. The van der Waals surface area contributed by atoms with Crippen molar-refractivity contribution < 1.29 is 4.74 Å². The second-order valence-electron chi connectivity index (χ2n) is 6.03. The fraction of sp³-hybridized carbons (Fsp3) is 1.00. The zero-order valence-electron chi connectivity index (χ0n) is 8.52. The Bertz CT molecular complexity index is 166. The van der Waals surface area contributed by atoms with Gasteiger partial charge in [0.25, 0.3) is 0 Å². The van der Waals surface area contributed by atoms with Crippen molar-refractivity contribution in [3.05, 3.63) is 0 Å². The third-order valence-corrected chi connectivity index (χ3v) is 3.16. The molecule has 2 aliphatic rings. The van der Waals surface area contributed by atoms with Crippen LogP contribution in [0.4, 0.5) is 0 Å². The highest BCUT2D eigenvalue weighted by atomic mass is 16.5. The van der Waals surface area contributed by atoms with E-state index in [1.54, 1.807) is 0 Å². The summed E-state index contributed by atoms with van der Waals surface area (Å²) in [6.45, 7) is 9.13. The van der Waals surface area contributed by atoms with Gasteiger partial charge in [-0.1, -0.05) is 20.8 Å². The van der Waals surface area contributed by atoms with Crippen LogP contribution in [0.5, 0.6) is 0 Å². The van der Waals surface area contributed by atoms with E-state index in [9.17, 15) is 0 Å². The smallest absolute Gasteiger partial charge is 0.0545 e. The molecule has 1 heterocycles. The lowest BCUT2D eigenvalue weighted by molar-refractivity contribution is -0.182. The summed E-state index contributed by atoms with van der Waals surface area (Å²) < 4.78 is 5.26. The molecule has 1 nitrogen and oxygen atoms in total. The first-order valence-corrected chi connectivity index (χ1v) is 5.07. The second kappa shape index (κ2) is 2.47. The first-order valence-electron chi connectivity index (χ1n) is 5.07. The van der Waals surface area contributed by atoms with Crippen LogP contribution in [0.15, 0.2) is 0 Å². The van der Waals surface area contributed by atoms with Crippen molar-refractivity contribution in [2.24, 2.45) is 16.7 Å². The standard InChI is InChI=1S/C11H20O/c1-10(2,3)4-9-5-11(6-9)7-12-8-11/h9H,4-8H2,1-3H3. The highest BCUT2D eigenvalue weighted by Crippen LogP contribution is 2.53. The molecule has 1 saturated heterocycles. The summed E-state index contributed by atoms with van der Waals surface area (Å²) in [5.41, 5.74) is 1.19. The molecule has 0 aromatic rings. The van der Waals surface area contributed by atoms with E-state index in [2.05, 4.69) is 20.8 Å². The summed E-state index contributed by atoms with van der Waals surface area (Å²) >= 11 is 0. The van der Waals surface area contributed by atoms with Crippen LogP contribution in [0, 0.1) is 16.7 Å². The molecular formula is C11H20O. The van der Waals surface area contributed by atoms with Gasteiger partial charge in [0.1, 0.15) is 0 Å². The normalized spacial score (nSPS) is 28.2. The maximum atomic E-state index is 5.26. The molecule has 0 atom stereocenters. The fourth-order valence-electron chi connectivity index (χ4n) is 2.80. The van der Waals surface area contributed by atoms with Crippen molar-refractivity contribution in [1.82, 2.24) is 0 Å². The van der Waals surface area contributed by atoms with Crippen LogP contribution in [0.2, 0.25) is 0 Å². The Hall–Kier alpha value is -0.0400. The van der Waals surface area contributed by atoms with E-state index in [0.29, 0.717) is 10.8 Å². The summed E-state index contributed by atoms with van der Waals surface area (Å²) in [5.74, 6) is 0.994. The van der Waals surface area contributed by atoms with Gasteiger partial charge >= 0.3 is 0 Å². The zero-order valence-corrected chi connectivity index (χ0v) is 8.52. The molecule has 12 heavy (non-hydrogen) atoms. The van der Waals surface area contributed by atoms with Gasteiger partial charge in [-0.05, 0) is 30.6 Å². The lowest BCUT2D eigenvalue weighted by Crippen LogP contribution is -2.52. The predicted octanol–water partition coefficient (Wildman–Crippen LogP) is 2.85. The summed E-state index contributed by atoms with van der Waals surface area (Å²) in [5, 5.41) is 0. The van der Waals surface area contributed by atoms with E-state index in [-0.39, 0.29) is 0 Å². The van der Waals surface area contributed by atoms with Crippen molar-refractivity contribution in [2.75, 3.05) is 13.2 Å². The minimum atomic E-state index is 0.525. The molecule has 0 aromatic heterocycles. The molecule has 2 fully saturated rings. The van der Waals surface area contributed by atoms with E-state index in [4.69, 9.17) is 4.74 Å². The molecular weight excluding hydrogens is 148 g/mol. The first-order chi connectivity index (χ1) is 5.49. The summed E-state index contributed by atoms with van der Waals surface area (Å²) in [6, 6.07) is 0. The third-order valence-electron chi connectivity index (χ3n) is 3.16. The minimum absolute atomic E-state index is 0.525. The van der Waals surface area contributed by atoms with Crippen molar-refractivity contribution in [1.29, 1.82) is 0 Å². The predicted molar refractivity (Wildman–Crippen MR) is 50.0 cm³/mol. The lowest BCUT2D eigenvalue weighted by Gasteiger charge is -2.54. The van der Waals surface area contributed by atoms with E-state index >= 15 is 0 Å². The monoisotopic (exact) mass is 168 g/mol. The Morgan fingerprint density at radius 1 is 1.25 bits per heavy atom. The number of ether oxygens (including phenoxy) is 1. The Kier molecular flexibility index (Phi) is 1.76. The SMILES string of the molecule is CC(C)(C)CC1CC2(COC2)C1. The van der Waals surface area contributed by atoms with Crippen LogP contribution in [-0.2, 0) is 4.74 Å².